The van der Waals surface area contributed by atoms with Gasteiger partial charge in [0.25, 0.3) is 11.8 Å². The van der Waals surface area contributed by atoms with Gasteiger partial charge in [-0.1, -0.05) is 45.0 Å². The number of hydrogen-bond acceptors (Lipinski definition) is 3. The Hall–Kier alpha value is -3.93. The van der Waals surface area contributed by atoms with Crippen molar-refractivity contribution in [3.63, 3.8) is 0 Å². The predicted molar refractivity (Wildman–Crippen MR) is 139 cm³/mol. The number of amides is 4. The molecule has 0 aliphatic carbocycles. The van der Waals surface area contributed by atoms with Crippen molar-refractivity contribution >= 4 is 29.6 Å². The molecule has 0 bridgehead atoms. The summed E-state index contributed by atoms with van der Waals surface area (Å²) in [5.41, 5.74) is 6.40. The SMILES string of the molecule is CCc1ccc(-n2c(C)cc(/C=C3/C(=O)NC(=O)N(c4ccc([C@H](C)CC)cc4)C3=O)c2C)cc1. The van der Waals surface area contributed by atoms with Crippen molar-refractivity contribution in [2.24, 2.45) is 0 Å². The Morgan fingerprint density at radius 1 is 0.914 bits per heavy atom. The number of benzene rings is 2. The van der Waals surface area contributed by atoms with E-state index in [1.54, 1.807) is 18.2 Å². The molecule has 0 radical (unpaired) electrons. The molecule has 0 spiro atoms. The topological polar surface area (TPSA) is 71.4 Å². The van der Waals surface area contributed by atoms with Crippen molar-refractivity contribution in [3.8, 4) is 5.69 Å². The number of hydrogen-bond donors (Lipinski definition) is 1. The van der Waals surface area contributed by atoms with Gasteiger partial charge in [0.1, 0.15) is 5.57 Å². The van der Waals surface area contributed by atoms with E-state index in [-0.39, 0.29) is 5.57 Å². The van der Waals surface area contributed by atoms with E-state index in [2.05, 4.69) is 54.9 Å². The van der Waals surface area contributed by atoms with Gasteiger partial charge < -0.3 is 4.57 Å². The smallest absolute Gasteiger partial charge is 0.318 e. The highest BCUT2D eigenvalue weighted by Gasteiger charge is 2.37. The van der Waals surface area contributed by atoms with Crippen molar-refractivity contribution in [1.29, 1.82) is 0 Å². The van der Waals surface area contributed by atoms with Crippen LogP contribution >= 0.6 is 0 Å². The fraction of sp³-hybridized carbons (Fsp3) is 0.276. The molecule has 1 N–H and O–H groups in total. The van der Waals surface area contributed by atoms with Gasteiger partial charge in [0.05, 0.1) is 5.69 Å². The summed E-state index contributed by atoms with van der Waals surface area (Å²) in [5, 5.41) is 2.31. The van der Waals surface area contributed by atoms with Crippen molar-refractivity contribution in [3.05, 3.63) is 88.2 Å². The van der Waals surface area contributed by atoms with Crippen LogP contribution in [0, 0.1) is 13.8 Å². The van der Waals surface area contributed by atoms with Crippen LogP contribution in [0.25, 0.3) is 11.8 Å². The average molecular weight is 470 g/mol. The number of anilines is 1. The molecule has 2 heterocycles. The highest BCUT2D eigenvalue weighted by molar-refractivity contribution is 6.39. The molecule has 3 aromatic rings. The van der Waals surface area contributed by atoms with Crippen molar-refractivity contribution < 1.29 is 14.4 Å². The first-order valence-electron chi connectivity index (χ1n) is 12.0. The Morgan fingerprint density at radius 2 is 1.54 bits per heavy atom. The number of urea groups is 1. The van der Waals surface area contributed by atoms with E-state index in [0.717, 1.165) is 45.9 Å². The summed E-state index contributed by atoms with van der Waals surface area (Å²) >= 11 is 0. The van der Waals surface area contributed by atoms with Crippen LogP contribution < -0.4 is 10.2 Å². The Bertz CT molecular complexity index is 1310. The summed E-state index contributed by atoms with van der Waals surface area (Å²) in [5.74, 6) is -0.947. The quantitative estimate of drug-likeness (QED) is 0.364. The van der Waals surface area contributed by atoms with Gasteiger partial charge in [0, 0.05) is 17.1 Å². The number of rotatable bonds is 6. The van der Waals surface area contributed by atoms with Crippen LogP contribution in [-0.4, -0.2) is 22.4 Å². The number of aromatic nitrogens is 1. The summed E-state index contributed by atoms with van der Waals surface area (Å²) in [6.45, 7) is 10.3. The third kappa shape index (κ3) is 4.56. The summed E-state index contributed by atoms with van der Waals surface area (Å²) in [7, 11) is 0. The maximum atomic E-state index is 13.3. The molecule has 1 aromatic heterocycles. The monoisotopic (exact) mass is 469 g/mol. The lowest BCUT2D eigenvalue weighted by molar-refractivity contribution is -0.122. The molecular weight excluding hydrogens is 438 g/mol. The van der Waals surface area contributed by atoms with Gasteiger partial charge >= 0.3 is 6.03 Å². The molecule has 180 valence electrons. The highest BCUT2D eigenvalue weighted by atomic mass is 16.2. The van der Waals surface area contributed by atoms with Crippen LogP contribution in [0.3, 0.4) is 0 Å². The fourth-order valence-electron chi connectivity index (χ4n) is 4.45. The van der Waals surface area contributed by atoms with Gasteiger partial charge in [0.15, 0.2) is 0 Å². The van der Waals surface area contributed by atoms with Gasteiger partial charge in [-0.25, -0.2) is 9.69 Å². The van der Waals surface area contributed by atoms with Gasteiger partial charge in [-0.3, -0.25) is 14.9 Å². The number of nitrogens with zero attached hydrogens (tertiary/aromatic N) is 2. The molecular formula is C29H31N3O3. The van der Waals surface area contributed by atoms with Gasteiger partial charge in [-0.2, -0.15) is 0 Å². The molecule has 4 rings (SSSR count). The van der Waals surface area contributed by atoms with Gasteiger partial charge in [-0.05, 0) is 85.7 Å². The standard InChI is InChI=1S/C29H31N3O3/c1-6-18(3)22-10-14-25(15-11-22)32-28(34)26(27(33)30-29(32)35)17-23-16-19(4)31(20(23)5)24-12-8-21(7-2)9-13-24/h8-18H,6-7H2,1-5H3,(H,30,33,35)/b26-17-/t18-/m1/s1. The van der Waals surface area contributed by atoms with Crippen molar-refractivity contribution in [1.82, 2.24) is 9.88 Å². The minimum Gasteiger partial charge on any atom is -0.318 e. The van der Waals surface area contributed by atoms with E-state index < -0.39 is 17.8 Å². The van der Waals surface area contributed by atoms with E-state index in [4.69, 9.17) is 0 Å². The van der Waals surface area contributed by atoms with Crippen LogP contribution in [0.1, 0.15) is 61.2 Å². The molecule has 1 aliphatic heterocycles. The minimum absolute atomic E-state index is 0.0721. The maximum Gasteiger partial charge on any atom is 0.335 e. The van der Waals surface area contributed by atoms with E-state index >= 15 is 0 Å². The Labute approximate surface area is 206 Å². The Balaban J connectivity index is 1.69. The Morgan fingerprint density at radius 3 is 2.14 bits per heavy atom. The lowest BCUT2D eigenvalue weighted by Crippen LogP contribution is -2.54. The molecule has 1 atom stereocenters. The lowest BCUT2D eigenvalue weighted by atomic mass is 9.98. The molecule has 0 saturated carbocycles. The van der Waals surface area contributed by atoms with Crippen molar-refractivity contribution in [2.45, 2.75) is 53.4 Å². The molecule has 2 aromatic carbocycles. The summed E-state index contributed by atoms with van der Waals surface area (Å²) in [6.07, 6.45) is 3.53. The van der Waals surface area contributed by atoms with Gasteiger partial charge in [-0.15, -0.1) is 0 Å². The van der Waals surface area contributed by atoms with Crippen LogP contribution in [0.15, 0.2) is 60.2 Å². The molecule has 6 heteroatoms. The second-order valence-corrected chi connectivity index (χ2v) is 9.04. The van der Waals surface area contributed by atoms with E-state index in [0.29, 0.717) is 11.6 Å². The molecule has 6 nitrogen and oxygen atoms in total. The third-order valence-corrected chi connectivity index (χ3v) is 6.81. The molecule has 1 saturated heterocycles. The van der Waals surface area contributed by atoms with Crippen LogP contribution in [0.4, 0.5) is 10.5 Å². The van der Waals surface area contributed by atoms with Crippen molar-refractivity contribution in [2.75, 3.05) is 4.90 Å². The average Bonchev–Trinajstić information content (AvgIpc) is 3.14. The zero-order valence-electron chi connectivity index (χ0n) is 20.9. The number of barbiturate groups is 1. The molecule has 0 unspecified atom stereocenters. The summed E-state index contributed by atoms with van der Waals surface area (Å²) in [6, 6.07) is 16.9. The van der Waals surface area contributed by atoms with Gasteiger partial charge in [0.2, 0.25) is 0 Å². The predicted octanol–water partition coefficient (Wildman–Crippen LogP) is 5.84. The van der Waals surface area contributed by atoms with E-state index in [1.165, 1.54) is 5.56 Å². The zero-order valence-corrected chi connectivity index (χ0v) is 20.9. The second-order valence-electron chi connectivity index (χ2n) is 9.04. The molecule has 35 heavy (non-hydrogen) atoms. The number of imide groups is 2. The molecule has 1 aliphatic rings. The first-order valence-corrected chi connectivity index (χ1v) is 12.0. The van der Waals surface area contributed by atoms with E-state index in [9.17, 15) is 14.4 Å². The lowest BCUT2D eigenvalue weighted by Gasteiger charge is -2.26. The van der Waals surface area contributed by atoms with Crippen LogP contribution in [-0.2, 0) is 16.0 Å². The van der Waals surface area contributed by atoms with E-state index in [1.807, 2.05) is 32.0 Å². The first-order chi connectivity index (χ1) is 16.7. The molecule has 4 amide bonds. The normalized spacial score (nSPS) is 16.1. The maximum absolute atomic E-state index is 13.3. The highest BCUT2D eigenvalue weighted by Crippen LogP contribution is 2.28. The summed E-state index contributed by atoms with van der Waals surface area (Å²) < 4.78 is 2.09. The van der Waals surface area contributed by atoms with Crippen LogP contribution in [0.2, 0.25) is 0 Å². The number of aryl methyl sites for hydroxylation is 2. The first kappa shape index (κ1) is 24.2. The summed E-state index contributed by atoms with van der Waals surface area (Å²) in [4.78, 5) is 39.6. The fourth-order valence-corrected chi connectivity index (χ4v) is 4.45. The minimum atomic E-state index is -0.741. The number of nitrogens with one attached hydrogen (secondary N) is 1. The Kier molecular flexibility index (Phi) is 6.74. The molecule has 1 fully saturated rings. The van der Waals surface area contributed by atoms with Crippen LogP contribution in [0.5, 0.6) is 0 Å². The second kappa shape index (κ2) is 9.74. The zero-order chi connectivity index (χ0) is 25.3. The largest absolute Gasteiger partial charge is 0.335 e. The number of carbonyl (C=O) groups excluding carboxylic acids is 3. The number of carbonyl (C=O) groups is 3. The third-order valence-electron chi connectivity index (χ3n) is 6.81.